The molecule has 0 fully saturated rings. The summed E-state index contributed by atoms with van der Waals surface area (Å²) in [6.07, 6.45) is -0.429. The van der Waals surface area contributed by atoms with Gasteiger partial charge >= 0.3 is 0 Å². The molecular weight excluding hydrogens is 292 g/mol. The summed E-state index contributed by atoms with van der Waals surface area (Å²) in [6, 6.07) is 24.3. The Labute approximate surface area is 135 Å². The van der Waals surface area contributed by atoms with Gasteiger partial charge in [0.2, 0.25) is 0 Å². The summed E-state index contributed by atoms with van der Waals surface area (Å²) in [6.45, 7) is 1.77. The minimum absolute atomic E-state index is 0.429. The van der Waals surface area contributed by atoms with Crippen LogP contribution >= 0.6 is 11.6 Å². The fourth-order valence-corrected chi connectivity index (χ4v) is 2.58. The second kappa shape index (κ2) is 6.35. The van der Waals surface area contributed by atoms with E-state index in [4.69, 9.17) is 11.6 Å². The Morgan fingerprint density at radius 2 is 0.955 bits per heavy atom. The van der Waals surface area contributed by atoms with Crippen LogP contribution in [0.5, 0.6) is 0 Å². The first-order valence-electron chi connectivity index (χ1n) is 7.28. The highest BCUT2D eigenvalue weighted by atomic mass is 35.5. The van der Waals surface area contributed by atoms with Crippen molar-refractivity contribution in [2.75, 3.05) is 0 Å². The van der Waals surface area contributed by atoms with Crippen LogP contribution in [0.25, 0.3) is 22.3 Å². The van der Waals surface area contributed by atoms with Crippen molar-refractivity contribution in [1.82, 2.24) is 0 Å². The van der Waals surface area contributed by atoms with E-state index in [1.54, 1.807) is 6.92 Å². The molecule has 0 saturated heterocycles. The standard InChI is InChI=1S/C20H17ClO/c1-14(22)15-2-4-16(5-3-15)17-6-8-18(9-7-17)19-10-12-20(21)13-11-19/h2-14,22H,1H3. The molecule has 0 spiro atoms. The van der Waals surface area contributed by atoms with Gasteiger partial charge in [0, 0.05) is 5.02 Å². The van der Waals surface area contributed by atoms with Crippen LogP contribution in [0.2, 0.25) is 5.02 Å². The van der Waals surface area contributed by atoms with Gasteiger partial charge in [0.25, 0.3) is 0 Å². The summed E-state index contributed by atoms with van der Waals surface area (Å²) < 4.78 is 0. The second-order valence-electron chi connectivity index (χ2n) is 5.38. The summed E-state index contributed by atoms with van der Waals surface area (Å²) in [5.74, 6) is 0. The lowest BCUT2D eigenvalue weighted by molar-refractivity contribution is 0.199. The number of aliphatic hydroxyl groups excluding tert-OH is 1. The maximum atomic E-state index is 9.56. The number of benzene rings is 3. The molecule has 0 aliphatic heterocycles. The van der Waals surface area contributed by atoms with Crippen molar-refractivity contribution in [3.05, 3.63) is 83.4 Å². The maximum absolute atomic E-state index is 9.56. The minimum atomic E-state index is -0.429. The molecule has 0 aliphatic carbocycles. The molecular formula is C20H17ClO. The number of hydrogen-bond acceptors (Lipinski definition) is 1. The molecule has 110 valence electrons. The van der Waals surface area contributed by atoms with Crippen molar-refractivity contribution in [2.24, 2.45) is 0 Å². The van der Waals surface area contributed by atoms with Crippen molar-refractivity contribution in [3.63, 3.8) is 0 Å². The number of halogens is 1. The lowest BCUT2D eigenvalue weighted by Gasteiger charge is -2.08. The largest absolute Gasteiger partial charge is 0.389 e. The normalized spacial score (nSPS) is 12.1. The van der Waals surface area contributed by atoms with Crippen LogP contribution in [0.3, 0.4) is 0 Å². The molecule has 3 aromatic rings. The van der Waals surface area contributed by atoms with Gasteiger partial charge in [0.1, 0.15) is 0 Å². The van der Waals surface area contributed by atoms with Gasteiger partial charge in [-0.1, -0.05) is 72.3 Å². The van der Waals surface area contributed by atoms with Crippen LogP contribution in [0.15, 0.2) is 72.8 Å². The Hall–Kier alpha value is -2.09. The van der Waals surface area contributed by atoms with Crippen LogP contribution in [0, 0.1) is 0 Å². The number of hydrogen-bond donors (Lipinski definition) is 1. The summed E-state index contributed by atoms with van der Waals surface area (Å²) in [7, 11) is 0. The number of rotatable bonds is 3. The zero-order valence-corrected chi connectivity index (χ0v) is 13.1. The molecule has 0 heterocycles. The van der Waals surface area contributed by atoms with E-state index < -0.39 is 6.10 Å². The van der Waals surface area contributed by atoms with E-state index in [2.05, 4.69) is 24.3 Å². The third kappa shape index (κ3) is 3.22. The van der Waals surface area contributed by atoms with Gasteiger partial charge in [-0.15, -0.1) is 0 Å². The molecule has 0 aliphatic rings. The van der Waals surface area contributed by atoms with Crippen LogP contribution in [-0.4, -0.2) is 5.11 Å². The predicted octanol–water partition coefficient (Wildman–Crippen LogP) is 5.73. The van der Waals surface area contributed by atoms with Gasteiger partial charge in [-0.3, -0.25) is 0 Å². The zero-order valence-electron chi connectivity index (χ0n) is 12.3. The van der Waals surface area contributed by atoms with E-state index >= 15 is 0 Å². The highest BCUT2D eigenvalue weighted by Crippen LogP contribution is 2.26. The first-order valence-corrected chi connectivity index (χ1v) is 7.66. The SMILES string of the molecule is CC(O)c1ccc(-c2ccc(-c3ccc(Cl)cc3)cc2)cc1. The van der Waals surface area contributed by atoms with E-state index in [1.807, 2.05) is 48.5 Å². The van der Waals surface area contributed by atoms with Gasteiger partial charge in [0.05, 0.1) is 6.10 Å². The lowest BCUT2D eigenvalue weighted by Crippen LogP contribution is -1.90. The monoisotopic (exact) mass is 308 g/mol. The fraction of sp³-hybridized carbons (Fsp3) is 0.100. The van der Waals surface area contributed by atoms with Gasteiger partial charge < -0.3 is 5.11 Å². The molecule has 0 amide bonds. The number of aliphatic hydroxyl groups is 1. The van der Waals surface area contributed by atoms with E-state index in [0.717, 1.165) is 27.3 Å². The van der Waals surface area contributed by atoms with Gasteiger partial charge in [-0.25, -0.2) is 0 Å². The van der Waals surface area contributed by atoms with Gasteiger partial charge in [-0.05, 0) is 46.9 Å². The molecule has 1 atom stereocenters. The average molecular weight is 309 g/mol. The average Bonchev–Trinajstić information content (AvgIpc) is 2.56. The molecule has 3 rings (SSSR count). The van der Waals surface area contributed by atoms with Crippen LogP contribution < -0.4 is 0 Å². The van der Waals surface area contributed by atoms with Gasteiger partial charge in [0.15, 0.2) is 0 Å². The molecule has 0 saturated carbocycles. The fourth-order valence-electron chi connectivity index (χ4n) is 2.45. The maximum Gasteiger partial charge on any atom is 0.0761 e. The molecule has 0 bridgehead atoms. The van der Waals surface area contributed by atoms with Crippen molar-refractivity contribution < 1.29 is 5.11 Å². The Bertz CT molecular complexity index is 741. The second-order valence-corrected chi connectivity index (χ2v) is 5.82. The third-order valence-corrected chi connectivity index (χ3v) is 4.04. The Kier molecular flexibility index (Phi) is 4.28. The summed E-state index contributed by atoms with van der Waals surface area (Å²) >= 11 is 5.92. The minimum Gasteiger partial charge on any atom is -0.389 e. The van der Waals surface area contributed by atoms with Crippen molar-refractivity contribution in [3.8, 4) is 22.3 Å². The summed E-state index contributed by atoms with van der Waals surface area (Å²) in [5.41, 5.74) is 5.56. The Morgan fingerprint density at radius 1 is 0.636 bits per heavy atom. The first kappa shape index (κ1) is 14.8. The molecule has 3 aromatic carbocycles. The topological polar surface area (TPSA) is 20.2 Å². The van der Waals surface area contributed by atoms with Crippen LogP contribution in [0.4, 0.5) is 0 Å². The molecule has 22 heavy (non-hydrogen) atoms. The molecule has 1 nitrogen and oxygen atoms in total. The van der Waals surface area contributed by atoms with Crippen LogP contribution in [0.1, 0.15) is 18.6 Å². The Morgan fingerprint density at radius 3 is 1.32 bits per heavy atom. The van der Waals surface area contributed by atoms with Crippen molar-refractivity contribution in [1.29, 1.82) is 0 Å². The predicted molar refractivity (Wildman–Crippen MR) is 93.0 cm³/mol. The lowest BCUT2D eigenvalue weighted by atomic mass is 9.99. The van der Waals surface area contributed by atoms with Crippen molar-refractivity contribution >= 4 is 11.6 Å². The summed E-state index contributed by atoms with van der Waals surface area (Å²) in [5, 5.41) is 10.3. The molecule has 0 radical (unpaired) electrons. The van der Waals surface area contributed by atoms with E-state index in [1.165, 1.54) is 5.56 Å². The van der Waals surface area contributed by atoms with E-state index in [9.17, 15) is 5.11 Å². The highest BCUT2D eigenvalue weighted by molar-refractivity contribution is 6.30. The third-order valence-electron chi connectivity index (χ3n) is 3.79. The van der Waals surface area contributed by atoms with Gasteiger partial charge in [-0.2, -0.15) is 0 Å². The molecule has 1 unspecified atom stereocenters. The Balaban J connectivity index is 1.86. The van der Waals surface area contributed by atoms with E-state index in [0.29, 0.717) is 0 Å². The molecule has 2 heteroatoms. The zero-order chi connectivity index (χ0) is 15.5. The van der Waals surface area contributed by atoms with Crippen molar-refractivity contribution in [2.45, 2.75) is 13.0 Å². The quantitative estimate of drug-likeness (QED) is 0.655. The first-order chi connectivity index (χ1) is 10.6. The van der Waals surface area contributed by atoms with E-state index in [-0.39, 0.29) is 0 Å². The smallest absolute Gasteiger partial charge is 0.0761 e. The van der Waals surface area contributed by atoms with Crippen LogP contribution in [-0.2, 0) is 0 Å². The molecule has 1 N–H and O–H groups in total. The summed E-state index contributed by atoms with van der Waals surface area (Å²) in [4.78, 5) is 0. The highest BCUT2D eigenvalue weighted by Gasteiger charge is 2.03. The molecule has 0 aromatic heterocycles.